The summed E-state index contributed by atoms with van der Waals surface area (Å²) in [7, 11) is 0. The van der Waals surface area contributed by atoms with Crippen LogP contribution in [0, 0.1) is 29.6 Å². The molecule has 0 spiro atoms. The molecule has 164 valence electrons. The molecule has 30 heavy (non-hydrogen) atoms. The molecule has 1 fully saturated rings. The van der Waals surface area contributed by atoms with Gasteiger partial charge in [0.15, 0.2) is 0 Å². The fourth-order valence-electron chi connectivity index (χ4n) is 5.30. The van der Waals surface area contributed by atoms with Gasteiger partial charge in [0.05, 0.1) is 6.17 Å². The fourth-order valence-corrected chi connectivity index (χ4v) is 5.30. The minimum absolute atomic E-state index is 0.597. The van der Waals surface area contributed by atoms with E-state index < -0.39 is 6.17 Å². The predicted octanol–water partition coefficient (Wildman–Crippen LogP) is 8.44. The van der Waals surface area contributed by atoms with Gasteiger partial charge in [0.2, 0.25) is 0 Å². The van der Waals surface area contributed by atoms with E-state index in [1.165, 1.54) is 75.3 Å². The lowest BCUT2D eigenvalue weighted by atomic mass is 9.70. The number of hydrogen-bond donors (Lipinski definition) is 0. The smallest absolute Gasteiger partial charge is 0.0976 e. The highest BCUT2D eigenvalue weighted by Crippen LogP contribution is 2.40. The summed E-state index contributed by atoms with van der Waals surface area (Å²) < 4.78 is 13.0. The van der Waals surface area contributed by atoms with Crippen molar-refractivity contribution in [3.05, 3.63) is 47.0 Å². The van der Waals surface area contributed by atoms with Gasteiger partial charge in [0, 0.05) is 5.56 Å². The van der Waals surface area contributed by atoms with E-state index in [4.69, 9.17) is 0 Å². The molecular formula is C29H41F. The number of rotatable bonds is 8. The maximum absolute atomic E-state index is 13.0. The van der Waals surface area contributed by atoms with Gasteiger partial charge < -0.3 is 0 Å². The molecule has 1 aromatic carbocycles. The Balaban J connectivity index is 1.42. The highest BCUT2D eigenvalue weighted by Gasteiger charge is 2.28. The molecule has 0 aromatic heterocycles. The van der Waals surface area contributed by atoms with Crippen LogP contribution in [0.3, 0.4) is 0 Å². The summed E-state index contributed by atoms with van der Waals surface area (Å²) in [5.41, 5.74) is 3.59. The van der Waals surface area contributed by atoms with Crippen LogP contribution in [0.4, 0.5) is 4.39 Å². The molecule has 0 N–H and O–H groups in total. The number of allylic oxidation sites excluding steroid dienone is 2. The molecule has 0 amide bonds. The average molecular weight is 409 g/mol. The molecule has 0 radical (unpaired) electrons. The lowest BCUT2D eigenvalue weighted by Crippen LogP contribution is -2.23. The topological polar surface area (TPSA) is 0 Å². The molecule has 2 aliphatic carbocycles. The average Bonchev–Trinajstić information content (AvgIpc) is 2.78. The highest BCUT2D eigenvalue weighted by atomic mass is 19.1. The number of alkyl halides is 1. The Labute approximate surface area is 184 Å². The van der Waals surface area contributed by atoms with Crippen molar-refractivity contribution in [2.75, 3.05) is 0 Å². The van der Waals surface area contributed by atoms with Crippen molar-refractivity contribution < 1.29 is 4.39 Å². The van der Waals surface area contributed by atoms with Crippen LogP contribution in [0.2, 0.25) is 0 Å². The summed E-state index contributed by atoms with van der Waals surface area (Å²) in [5, 5.41) is 0. The molecule has 1 heteroatoms. The third kappa shape index (κ3) is 7.61. The maximum Gasteiger partial charge on any atom is 0.0976 e. The first kappa shape index (κ1) is 23.1. The first-order valence-electron chi connectivity index (χ1n) is 12.6. The second-order valence-corrected chi connectivity index (χ2v) is 9.81. The summed E-state index contributed by atoms with van der Waals surface area (Å²) in [6.07, 6.45) is 18.4. The SMILES string of the molecule is CCCCCC1CCC(C2CC=C(C#Cc3ccc(CCC(C)F)cc3)CC2)CC1. The second kappa shape index (κ2) is 12.3. The van der Waals surface area contributed by atoms with E-state index in [2.05, 4.69) is 49.1 Å². The largest absolute Gasteiger partial charge is 0.248 e. The molecule has 2 atom stereocenters. The normalized spacial score (nSPS) is 25.2. The van der Waals surface area contributed by atoms with E-state index in [1.807, 2.05) is 0 Å². The second-order valence-electron chi connectivity index (χ2n) is 9.81. The zero-order valence-corrected chi connectivity index (χ0v) is 19.3. The van der Waals surface area contributed by atoms with Gasteiger partial charge in [-0.25, -0.2) is 4.39 Å². The maximum atomic E-state index is 13.0. The summed E-state index contributed by atoms with van der Waals surface area (Å²) in [6.45, 7) is 3.93. The van der Waals surface area contributed by atoms with Crippen LogP contribution >= 0.6 is 0 Å². The minimum atomic E-state index is -0.729. The molecule has 1 saturated carbocycles. The van der Waals surface area contributed by atoms with Crippen molar-refractivity contribution in [1.29, 1.82) is 0 Å². The number of aryl methyl sites for hydroxylation is 1. The van der Waals surface area contributed by atoms with Crippen LogP contribution < -0.4 is 0 Å². The summed E-state index contributed by atoms with van der Waals surface area (Å²) in [4.78, 5) is 0. The molecule has 0 nitrogen and oxygen atoms in total. The number of unbranched alkanes of at least 4 members (excludes halogenated alkanes) is 2. The molecule has 1 aromatic rings. The quantitative estimate of drug-likeness (QED) is 0.299. The van der Waals surface area contributed by atoms with Crippen LogP contribution in [-0.2, 0) is 6.42 Å². The lowest BCUT2D eigenvalue weighted by molar-refractivity contribution is 0.186. The fraction of sp³-hybridized carbons (Fsp3) is 0.655. The van der Waals surface area contributed by atoms with Gasteiger partial charge in [0.1, 0.15) is 0 Å². The number of benzene rings is 1. The molecule has 2 unspecified atom stereocenters. The number of halogens is 1. The van der Waals surface area contributed by atoms with Gasteiger partial charge in [-0.1, -0.05) is 75.5 Å². The van der Waals surface area contributed by atoms with Crippen LogP contribution in [-0.4, -0.2) is 6.17 Å². The number of hydrogen-bond acceptors (Lipinski definition) is 0. The van der Waals surface area contributed by atoms with Crippen LogP contribution in [0.25, 0.3) is 0 Å². The molecule has 3 rings (SSSR count). The van der Waals surface area contributed by atoms with Crippen LogP contribution in [0.15, 0.2) is 35.9 Å². The molecule has 0 bridgehead atoms. The van der Waals surface area contributed by atoms with Gasteiger partial charge in [-0.2, -0.15) is 0 Å². The van der Waals surface area contributed by atoms with Gasteiger partial charge in [-0.05, 0) is 92.9 Å². The van der Waals surface area contributed by atoms with Crippen molar-refractivity contribution in [3.8, 4) is 11.8 Å². The Morgan fingerprint density at radius 1 is 0.967 bits per heavy atom. The van der Waals surface area contributed by atoms with Crippen molar-refractivity contribution in [2.45, 2.75) is 103 Å². The minimum Gasteiger partial charge on any atom is -0.248 e. The van der Waals surface area contributed by atoms with Gasteiger partial charge in [0.25, 0.3) is 0 Å². The van der Waals surface area contributed by atoms with E-state index in [1.54, 1.807) is 6.92 Å². The third-order valence-electron chi connectivity index (χ3n) is 7.38. The third-order valence-corrected chi connectivity index (χ3v) is 7.38. The summed E-state index contributed by atoms with van der Waals surface area (Å²) in [5.74, 6) is 9.62. The Morgan fingerprint density at radius 2 is 1.73 bits per heavy atom. The van der Waals surface area contributed by atoms with E-state index >= 15 is 0 Å². The lowest BCUT2D eigenvalue weighted by Gasteiger charge is -2.35. The molecule has 0 heterocycles. The summed E-state index contributed by atoms with van der Waals surface area (Å²) >= 11 is 0. The van der Waals surface area contributed by atoms with E-state index in [0.29, 0.717) is 6.42 Å². The van der Waals surface area contributed by atoms with Crippen molar-refractivity contribution >= 4 is 0 Å². The Bertz CT molecular complexity index is 707. The van der Waals surface area contributed by atoms with Gasteiger partial charge >= 0.3 is 0 Å². The van der Waals surface area contributed by atoms with Crippen LogP contribution in [0.1, 0.15) is 102 Å². The first-order valence-corrected chi connectivity index (χ1v) is 12.6. The van der Waals surface area contributed by atoms with Crippen molar-refractivity contribution in [2.24, 2.45) is 17.8 Å². The predicted molar refractivity (Wildman–Crippen MR) is 127 cm³/mol. The van der Waals surface area contributed by atoms with E-state index in [0.717, 1.165) is 36.2 Å². The molecule has 0 aliphatic heterocycles. The summed E-state index contributed by atoms with van der Waals surface area (Å²) in [6, 6.07) is 8.35. The van der Waals surface area contributed by atoms with E-state index in [9.17, 15) is 4.39 Å². The van der Waals surface area contributed by atoms with Gasteiger partial charge in [-0.3, -0.25) is 0 Å². The molecule has 2 aliphatic rings. The van der Waals surface area contributed by atoms with Gasteiger partial charge in [-0.15, -0.1) is 0 Å². The van der Waals surface area contributed by atoms with Crippen LogP contribution in [0.5, 0.6) is 0 Å². The zero-order valence-electron chi connectivity index (χ0n) is 19.3. The van der Waals surface area contributed by atoms with Crippen molar-refractivity contribution in [1.82, 2.24) is 0 Å². The Hall–Kier alpha value is -1.55. The molecule has 0 saturated heterocycles. The Morgan fingerprint density at radius 3 is 2.37 bits per heavy atom. The molecular weight excluding hydrogens is 367 g/mol. The Kier molecular flexibility index (Phi) is 9.51. The van der Waals surface area contributed by atoms with Crippen molar-refractivity contribution in [3.63, 3.8) is 0 Å². The first-order chi connectivity index (χ1) is 14.6. The van der Waals surface area contributed by atoms with E-state index in [-0.39, 0.29) is 0 Å². The zero-order chi connectivity index (χ0) is 21.2. The standard InChI is InChI=1S/C29H41F/c1-3-4-5-6-24-15-19-28(20-16-24)29-21-17-27(18-22-29)14-13-26-11-9-25(10-12-26)8-7-23(2)30/h9-12,17,23-24,28-29H,3-8,15-16,18-22H2,1-2H3. The monoisotopic (exact) mass is 408 g/mol. The highest BCUT2D eigenvalue weighted by molar-refractivity contribution is 5.42.